The van der Waals surface area contributed by atoms with E-state index in [2.05, 4.69) is 26.8 Å². The van der Waals surface area contributed by atoms with Gasteiger partial charge in [0.15, 0.2) is 16.8 Å². The molecule has 2 rings (SSSR count). The van der Waals surface area contributed by atoms with Crippen LogP contribution in [0.5, 0.6) is 17.2 Å². The van der Waals surface area contributed by atoms with Gasteiger partial charge in [0.2, 0.25) is 5.75 Å². The second kappa shape index (κ2) is 14.1. The lowest BCUT2D eigenvalue weighted by molar-refractivity contribution is -0.0343. The lowest BCUT2D eigenvalue weighted by Gasteiger charge is -2.32. The van der Waals surface area contributed by atoms with Crippen molar-refractivity contribution in [3.05, 3.63) is 63.6 Å². The van der Waals surface area contributed by atoms with E-state index in [0.717, 1.165) is 0 Å². The maximum absolute atomic E-state index is 13.2. The third-order valence-corrected chi connectivity index (χ3v) is 7.03. The number of ether oxygens (including phenoxy) is 4. The number of hydrogen-bond acceptors (Lipinski definition) is 7. The number of allylic oxidation sites excluding steroid dienone is 5. The van der Waals surface area contributed by atoms with Crippen molar-refractivity contribution in [1.29, 1.82) is 0 Å². The van der Waals surface area contributed by atoms with Crippen molar-refractivity contribution in [2.75, 3.05) is 28.4 Å². The Morgan fingerprint density at radius 1 is 1.08 bits per heavy atom. The molecule has 1 aromatic heterocycles. The maximum atomic E-state index is 13.2. The van der Waals surface area contributed by atoms with Crippen LogP contribution in [-0.2, 0) is 15.9 Å². The fraction of sp³-hybridized carbons (Fsp3) is 0.500. The molecule has 0 aliphatic heterocycles. The maximum Gasteiger partial charge on any atom is 0.202 e. The summed E-state index contributed by atoms with van der Waals surface area (Å²) in [4.78, 5) is 13.2. The highest BCUT2D eigenvalue weighted by atomic mass is 16.5. The van der Waals surface area contributed by atoms with Crippen molar-refractivity contribution in [1.82, 2.24) is 0 Å². The first-order valence-corrected chi connectivity index (χ1v) is 12.6. The van der Waals surface area contributed by atoms with Crippen LogP contribution in [-0.4, -0.2) is 45.8 Å². The normalized spacial score (nSPS) is 15.9. The molecule has 0 spiro atoms. The molecular formula is C30H42O7. The van der Waals surface area contributed by atoms with Crippen molar-refractivity contribution >= 4 is 11.0 Å². The fourth-order valence-corrected chi connectivity index (χ4v) is 4.61. The second-order valence-electron chi connectivity index (χ2n) is 9.37. The van der Waals surface area contributed by atoms with Crippen molar-refractivity contribution in [2.24, 2.45) is 11.8 Å². The predicted molar refractivity (Wildman–Crippen MR) is 148 cm³/mol. The first-order valence-electron chi connectivity index (χ1n) is 12.6. The summed E-state index contributed by atoms with van der Waals surface area (Å²) in [5, 5.41) is 10.8. The summed E-state index contributed by atoms with van der Waals surface area (Å²) in [6.07, 6.45) is 11.1. The highest BCUT2D eigenvalue weighted by Gasteiger charge is 2.29. The molecule has 0 saturated carbocycles. The van der Waals surface area contributed by atoms with Gasteiger partial charge in [-0.1, -0.05) is 49.8 Å². The topological polar surface area (TPSA) is 87.4 Å². The minimum absolute atomic E-state index is 0.0666. The van der Waals surface area contributed by atoms with Crippen molar-refractivity contribution in [2.45, 2.75) is 59.7 Å². The lowest BCUT2D eigenvalue weighted by atomic mass is 9.85. The third kappa shape index (κ3) is 7.05. The number of methoxy groups -OCH3 is 4. The smallest absolute Gasteiger partial charge is 0.202 e. The molecule has 1 aromatic carbocycles. The van der Waals surface area contributed by atoms with E-state index in [1.165, 1.54) is 25.9 Å². The van der Waals surface area contributed by atoms with Crippen LogP contribution in [0.3, 0.4) is 0 Å². The second-order valence-corrected chi connectivity index (χ2v) is 9.37. The van der Waals surface area contributed by atoms with Gasteiger partial charge in [0.1, 0.15) is 16.9 Å². The molecule has 37 heavy (non-hydrogen) atoms. The Morgan fingerprint density at radius 2 is 1.76 bits per heavy atom. The molecule has 0 radical (unpaired) electrons. The number of phenolic OH excluding ortho intramolecular Hbond substituents is 1. The molecule has 7 nitrogen and oxygen atoms in total. The zero-order chi connectivity index (χ0) is 27.7. The van der Waals surface area contributed by atoms with Crippen LogP contribution in [0.15, 0.2) is 51.2 Å². The Kier molecular flexibility index (Phi) is 11.5. The van der Waals surface area contributed by atoms with Crippen molar-refractivity contribution in [3.8, 4) is 17.2 Å². The molecule has 0 fully saturated rings. The Hall–Kier alpha value is -3.03. The molecule has 0 saturated heterocycles. The fourth-order valence-electron chi connectivity index (χ4n) is 4.61. The van der Waals surface area contributed by atoms with Gasteiger partial charge in [-0.3, -0.25) is 4.79 Å². The monoisotopic (exact) mass is 514 g/mol. The highest BCUT2D eigenvalue weighted by molar-refractivity contribution is 5.91. The average molecular weight is 515 g/mol. The minimum atomic E-state index is -0.235. The average Bonchev–Trinajstić information content (AvgIpc) is 2.90. The van der Waals surface area contributed by atoms with Crippen molar-refractivity contribution < 1.29 is 28.5 Å². The quantitative estimate of drug-likeness (QED) is 0.321. The summed E-state index contributed by atoms with van der Waals surface area (Å²) in [6.45, 7) is 10.0. The molecule has 1 heterocycles. The summed E-state index contributed by atoms with van der Waals surface area (Å²) in [6, 6.07) is 1.48. The summed E-state index contributed by atoms with van der Waals surface area (Å²) >= 11 is 0. The Morgan fingerprint density at radius 3 is 2.32 bits per heavy atom. The van der Waals surface area contributed by atoms with Crippen LogP contribution in [0.1, 0.15) is 45.4 Å². The van der Waals surface area contributed by atoms with E-state index in [9.17, 15) is 9.90 Å². The van der Waals surface area contributed by atoms with Crippen LogP contribution < -0.4 is 14.9 Å². The van der Waals surface area contributed by atoms with Gasteiger partial charge in [-0.25, -0.2) is 0 Å². The molecule has 0 aliphatic rings. The number of benzene rings is 1. The first-order chi connectivity index (χ1) is 17.6. The van der Waals surface area contributed by atoms with Crippen LogP contribution in [0, 0.1) is 18.8 Å². The van der Waals surface area contributed by atoms with Crippen LogP contribution in [0.4, 0.5) is 0 Å². The summed E-state index contributed by atoms with van der Waals surface area (Å²) in [5.41, 5.74) is 1.51. The van der Waals surface area contributed by atoms with E-state index in [4.69, 9.17) is 23.4 Å². The first kappa shape index (κ1) is 30.2. The molecule has 7 heteroatoms. The molecule has 2 aromatic rings. The van der Waals surface area contributed by atoms with E-state index in [1.54, 1.807) is 21.1 Å². The van der Waals surface area contributed by atoms with E-state index in [-0.39, 0.29) is 51.9 Å². The third-order valence-electron chi connectivity index (χ3n) is 7.03. The molecule has 0 aliphatic carbocycles. The van der Waals surface area contributed by atoms with Crippen LogP contribution in [0.25, 0.3) is 11.0 Å². The van der Waals surface area contributed by atoms with Gasteiger partial charge < -0.3 is 28.5 Å². The van der Waals surface area contributed by atoms with Gasteiger partial charge in [-0.2, -0.15) is 0 Å². The van der Waals surface area contributed by atoms with E-state index in [0.29, 0.717) is 29.9 Å². The molecule has 1 N–H and O–H groups in total. The van der Waals surface area contributed by atoms with Crippen molar-refractivity contribution in [3.63, 3.8) is 0 Å². The standard InChI is InChI=1S/C30H42O7/c1-10-18(2)13-11-12-14-22(33-6)21(5)29(36-9)19(3)15-16-23-20(4)27(31)26-24(34-7)17-25(35-8)28(32)30(26)37-23/h10-14,17,19,21-22,29,32H,15-16H2,1-9H3. The summed E-state index contributed by atoms with van der Waals surface area (Å²) < 4.78 is 28.3. The minimum Gasteiger partial charge on any atom is -0.502 e. The molecular weight excluding hydrogens is 472 g/mol. The Balaban J connectivity index is 2.27. The van der Waals surface area contributed by atoms with Crippen LogP contribution >= 0.6 is 0 Å². The molecule has 204 valence electrons. The summed E-state index contributed by atoms with van der Waals surface area (Å²) in [5.74, 6) is 0.995. The number of phenols is 1. The Labute approximate surface area is 220 Å². The zero-order valence-corrected chi connectivity index (χ0v) is 23.6. The summed E-state index contributed by atoms with van der Waals surface area (Å²) in [7, 11) is 6.31. The molecule has 4 unspecified atom stereocenters. The lowest BCUT2D eigenvalue weighted by Crippen LogP contribution is -2.36. The molecule has 0 bridgehead atoms. The van der Waals surface area contributed by atoms with E-state index < -0.39 is 0 Å². The van der Waals surface area contributed by atoms with Gasteiger partial charge in [0.25, 0.3) is 0 Å². The number of aromatic hydroxyl groups is 1. The number of rotatable bonds is 13. The van der Waals surface area contributed by atoms with Gasteiger partial charge in [0, 0.05) is 38.2 Å². The SMILES string of the molecule is CC=C(C)C=CC=CC(OC)C(C)C(OC)C(C)CCc1oc2c(O)c(OC)cc(OC)c2c(=O)c1C. The largest absolute Gasteiger partial charge is 0.502 e. The van der Waals surface area contributed by atoms with E-state index in [1.807, 2.05) is 31.2 Å². The van der Waals surface area contributed by atoms with Crippen LogP contribution in [0.2, 0.25) is 0 Å². The number of aryl methyl sites for hydroxylation is 1. The molecule has 4 atom stereocenters. The predicted octanol–water partition coefficient (Wildman–Crippen LogP) is 6.14. The zero-order valence-electron chi connectivity index (χ0n) is 23.6. The van der Waals surface area contributed by atoms with Gasteiger partial charge in [0.05, 0.1) is 26.4 Å². The number of hydrogen-bond donors (Lipinski definition) is 1. The highest BCUT2D eigenvalue weighted by Crippen LogP contribution is 2.40. The van der Waals surface area contributed by atoms with E-state index >= 15 is 0 Å². The Bertz CT molecular complexity index is 1190. The van der Waals surface area contributed by atoms with Gasteiger partial charge in [-0.05, 0) is 33.1 Å². The van der Waals surface area contributed by atoms with Gasteiger partial charge in [-0.15, -0.1) is 0 Å². The molecule has 0 amide bonds. The number of fused-ring (bicyclic) bond motifs is 1. The van der Waals surface area contributed by atoms with Gasteiger partial charge >= 0.3 is 0 Å².